The Morgan fingerprint density at radius 2 is 2.17 bits per heavy atom. The van der Waals surface area contributed by atoms with Crippen LogP contribution in [0.25, 0.3) is 0 Å². The van der Waals surface area contributed by atoms with E-state index in [1.165, 1.54) is 6.33 Å². The minimum Gasteiger partial charge on any atom is -0.370 e. The van der Waals surface area contributed by atoms with Crippen LogP contribution in [-0.2, 0) is 0 Å². The maximum atomic E-state index is 11.8. The maximum absolute atomic E-state index is 11.8. The summed E-state index contributed by atoms with van der Waals surface area (Å²) in [5.74, 6) is 1.08. The molecule has 0 aromatic carbocycles. The van der Waals surface area contributed by atoms with Crippen molar-refractivity contribution in [3.63, 3.8) is 0 Å². The molecule has 0 radical (unpaired) electrons. The highest BCUT2D eigenvalue weighted by Crippen LogP contribution is 2.05. The summed E-state index contributed by atoms with van der Waals surface area (Å²) in [6.07, 6.45) is 3.46. The predicted octanol–water partition coefficient (Wildman–Crippen LogP) is 2.07. The molecule has 1 amide bonds. The molecule has 100 valence electrons. The Labute approximate surface area is 108 Å². The van der Waals surface area contributed by atoms with Crippen LogP contribution in [-0.4, -0.2) is 29.0 Å². The quantitative estimate of drug-likeness (QED) is 0.727. The summed E-state index contributed by atoms with van der Waals surface area (Å²) in [5.41, 5.74) is 0.410. The fourth-order valence-corrected chi connectivity index (χ4v) is 1.36. The van der Waals surface area contributed by atoms with Gasteiger partial charge >= 0.3 is 0 Å². The number of carbonyl (C=O) groups is 1. The smallest absolute Gasteiger partial charge is 0.270 e. The number of anilines is 1. The van der Waals surface area contributed by atoms with E-state index in [-0.39, 0.29) is 5.91 Å². The normalized spacial score (nSPS) is 10.4. The van der Waals surface area contributed by atoms with Crippen LogP contribution in [0.4, 0.5) is 5.82 Å². The van der Waals surface area contributed by atoms with Crippen molar-refractivity contribution in [1.82, 2.24) is 15.3 Å². The van der Waals surface area contributed by atoms with Gasteiger partial charge in [-0.25, -0.2) is 9.97 Å². The lowest BCUT2D eigenvalue weighted by molar-refractivity contribution is 0.0948. The van der Waals surface area contributed by atoms with E-state index in [0.717, 1.165) is 19.4 Å². The maximum Gasteiger partial charge on any atom is 0.270 e. The molecule has 0 unspecified atom stereocenters. The van der Waals surface area contributed by atoms with Crippen LogP contribution < -0.4 is 10.6 Å². The van der Waals surface area contributed by atoms with Crippen molar-refractivity contribution in [2.75, 3.05) is 18.4 Å². The second-order valence-electron chi connectivity index (χ2n) is 4.67. The molecule has 0 fully saturated rings. The van der Waals surface area contributed by atoms with Crippen molar-refractivity contribution in [3.05, 3.63) is 18.1 Å². The van der Waals surface area contributed by atoms with E-state index in [4.69, 9.17) is 0 Å². The van der Waals surface area contributed by atoms with Crippen molar-refractivity contribution >= 4 is 11.7 Å². The monoisotopic (exact) mass is 250 g/mol. The van der Waals surface area contributed by atoms with Crippen LogP contribution in [0.15, 0.2) is 12.4 Å². The van der Waals surface area contributed by atoms with Gasteiger partial charge in [0.25, 0.3) is 5.91 Å². The first-order valence-electron chi connectivity index (χ1n) is 6.47. The number of amides is 1. The van der Waals surface area contributed by atoms with Crippen LogP contribution in [0, 0.1) is 5.92 Å². The zero-order chi connectivity index (χ0) is 13.4. The van der Waals surface area contributed by atoms with E-state index >= 15 is 0 Å². The fourth-order valence-electron chi connectivity index (χ4n) is 1.36. The van der Waals surface area contributed by atoms with Gasteiger partial charge in [-0.15, -0.1) is 0 Å². The fraction of sp³-hybridized carbons (Fsp3) is 0.615. The average molecular weight is 250 g/mol. The van der Waals surface area contributed by atoms with Gasteiger partial charge in [0.2, 0.25) is 0 Å². The largest absolute Gasteiger partial charge is 0.370 e. The Morgan fingerprint density at radius 1 is 1.39 bits per heavy atom. The van der Waals surface area contributed by atoms with Gasteiger partial charge in [-0.05, 0) is 12.3 Å². The highest BCUT2D eigenvalue weighted by molar-refractivity contribution is 5.92. The standard InChI is InChI=1S/C13H22N4O/c1-4-5-6-14-13(18)11-7-12(17-9-16-11)15-8-10(2)3/h7,9-10H,4-6,8H2,1-3H3,(H,14,18)(H,15,16,17). The van der Waals surface area contributed by atoms with Crippen molar-refractivity contribution in [3.8, 4) is 0 Å². The van der Waals surface area contributed by atoms with Gasteiger partial charge in [-0.1, -0.05) is 27.2 Å². The van der Waals surface area contributed by atoms with Crippen LogP contribution >= 0.6 is 0 Å². The van der Waals surface area contributed by atoms with Crippen LogP contribution in [0.2, 0.25) is 0 Å². The Hall–Kier alpha value is -1.65. The summed E-state index contributed by atoms with van der Waals surface area (Å²) >= 11 is 0. The van der Waals surface area contributed by atoms with Gasteiger partial charge in [-0.2, -0.15) is 0 Å². The lowest BCUT2D eigenvalue weighted by Gasteiger charge is -2.09. The van der Waals surface area contributed by atoms with Crippen LogP contribution in [0.5, 0.6) is 0 Å². The van der Waals surface area contributed by atoms with Crippen molar-refractivity contribution in [1.29, 1.82) is 0 Å². The first kappa shape index (κ1) is 14.4. The molecule has 5 nitrogen and oxygen atoms in total. The van der Waals surface area contributed by atoms with E-state index in [2.05, 4.69) is 41.4 Å². The Bertz CT molecular complexity index is 379. The number of hydrogen-bond acceptors (Lipinski definition) is 4. The number of nitrogens with one attached hydrogen (secondary N) is 2. The van der Waals surface area contributed by atoms with Gasteiger partial charge in [0.1, 0.15) is 17.8 Å². The predicted molar refractivity (Wildman–Crippen MR) is 72.6 cm³/mol. The summed E-state index contributed by atoms with van der Waals surface area (Å²) in [5, 5.41) is 6.01. The molecule has 1 rings (SSSR count). The molecular formula is C13H22N4O. The number of rotatable bonds is 7. The summed E-state index contributed by atoms with van der Waals surface area (Å²) in [4.78, 5) is 19.9. The molecule has 1 heterocycles. The van der Waals surface area contributed by atoms with E-state index < -0.39 is 0 Å². The van der Waals surface area contributed by atoms with Gasteiger partial charge in [-0.3, -0.25) is 4.79 Å². The topological polar surface area (TPSA) is 66.9 Å². The molecule has 0 aliphatic heterocycles. The highest BCUT2D eigenvalue weighted by Gasteiger charge is 2.07. The lowest BCUT2D eigenvalue weighted by atomic mass is 10.2. The number of nitrogens with zero attached hydrogens (tertiary/aromatic N) is 2. The minimum atomic E-state index is -0.140. The Kier molecular flexibility index (Phi) is 6.11. The van der Waals surface area contributed by atoms with E-state index in [9.17, 15) is 4.79 Å². The van der Waals surface area contributed by atoms with E-state index in [1.54, 1.807) is 6.07 Å². The van der Waals surface area contributed by atoms with Gasteiger partial charge < -0.3 is 10.6 Å². The summed E-state index contributed by atoms with van der Waals surface area (Å²) in [6.45, 7) is 7.84. The molecule has 0 spiro atoms. The van der Waals surface area contributed by atoms with E-state index in [0.29, 0.717) is 24.0 Å². The number of hydrogen-bond donors (Lipinski definition) is 2. The molecule has 0 aliphatic carbocycles. The summed E-state index contributed by atoms with van der Waals surface area (Å²) in [7, 11) is 0. The molecule has 1 aromatic heterocycles. The molecular weight excluding hydrogens is 228 g/mol. The average Bonchev–Trinajstić information content (AvgIpc) is 2.37. The zero-order valence-corrected chi connectivity index (χ0v) is 11.4. The third-order valence-electron chi connectivity index (χ3n) is 2.41. The third-order valence-corrected chi connectivity index (χ3v) is 2.41. The van der Waals surface area contributed by atoms with Crippen molar-refractivity contribution in [2.24, 2.45) is 5.92 Å². The van der Waals surface area contributed by atoms with Crippen molar-refractivity contribution < 1.29 is 4.79 Å². The second-order valence-corrected chi connectivity index (χ2v) is 4.67. The third kappa shape index (κ3) is 5.12. The first-order chi connectivity index (χ1) is 8.63. The van der Waals surface area contributed by atoms with Crippen LogP contribution in [0.3, 0.4) is 0 Å². The van der Waals surface area contributed by atoms with Gasteiger partial charge in [0.15, 0.2) is 0 Å². The molecule has 2 N–H and O–H groups in total. The lowest BCUT2D eigenvalue weighted by Crippen LogP contribution is -2.25. The Balaban J connectivity index is 2.55. The molecule has 0 saturated carbocycles. The first-order valence-corrected chi connectivity index (χ1v) is 6.47. The number of unbranched alkanes of at least 4 members (excludes halogenated alkanes) is 1. The SMILES string of the molecule is CCCCNC(=O)c1cc(NCC(C)C)ncn1. The van der Waals surface area contributed by atoms with Gasteiger partial charge in [0, 0.05) is 19.2 Å². The molecule has 18 heavy (non-hydrogen) atoms. The number of aromatic nitrogens is 2. The summed E-state index contributed by atoms with van der Waals surface area (Å²) in [6, 6.07) is 1.68. The molecule has 5 heteroatoms. The molecule has 1 aromatic rings. The molecule has 0 bridgehead atoms. The Morgan fingerprint density at radius 3 is 2.83 bits per heavy atom. The molecule has 0 atom stereocenters. The summed E-state index contributed by atoms with van der Waals surface area (Å²) < 4.78 is 0. The highest BCUT2D eigenvalue weighted by atomic mass is 16.1. The molecule has 0 saturated heterocycles. The van der Waals surface area contributed by atoms with E-state index in [1.807, 2.05) is 0 Å². The minimum absolute atomic E-state index is 0.140. The van der Waals surface area contributed by atoms with Gasteiger partial charge in [0.05, 0.1) is 0 Å². The second kappa shape index (κ2) is 7.63. The van der Waals surface area contributed by atoms with Crippen molar-refractivity contribution in [2.45, 2.75) is 33.6 Å². The molecule has 0 aliphatic rings. The zero-order valence-electron chi connectivity index (χ0n) is 11.4. The number of carbonyl (C=O) groups excluding carboxylic acids is 1. The van der Waals surface area contributed by atoms with Crippen LogP contribution in [0.1, 0.15) is 44.1 Å².